The number of nitrogens with two attached hydrogens (primary N) is 1. The van der Waals surface area contributed by atoms with Crippen molar-refractivity contribution in [1.82, 2.24) is 10.1 Å². The lowest BCUT2D eigenvalue weighted by Gasteiger charge is -2.18. The average molecular weight is 253 g/mol. The molecule has 1 fully saturated rings. The van der Waals surface area contributed by atoms with Gasteiger partial charge in [-0.25, -0.2) is 0 Å². The molecule has 0 saturated carbocycles. The topological polar surface area (TPSA) is 74.2 Å². The lowest BCUT2D eigenvalue weighted by Crippen LogP contribution is -2.15. The third-order valence-corrected chi connectivity index (χ3v) is 3.42. The van der Waals surface area contributed by atoms with E-state index in [0.717, 1.165) is 63.6 Å². The zero-order valence-corrected chi connectivity index (χ0v) is 10.9. The summed E-state index contributed by atoms with van der Waals surface area (Å²) in [6.45, 7) is 2.41. The fourth-order valence-corrected chi connectivity index (χ4v) is 2.27. The van der Waals surface area contributed by atoms with Crippen molar-refractivity contribution in [3.05, 3.63) is 11.7 Å². The molecule has 0 spiro atoms. The molecule has 0 atom stereocenters. The van der Waals surface area contributed by atoms with Gasteiger partial charge >= 0.3 is 0 Å². The number of rotatable bonds is 7. The van der Waals surface area contributed by atoms with Crippen LogP contribution in [0.5, 0.6) is 0 Å². The van der Waals surface area contributed by atoms with Crippen LogP contribution in [0, 0.1) is 0 Å². The number of aryl methyl sites for hydroxylation is 1. The van der Waals surface area contributed by atoms with Crippen LogP contribution in [0.15, 0.2) is 4.52 Å². The van der Waals surface area contributed by atoms with Crippen LogP contribution < -0.4 is 5.73 Å². The monoisotopic (exact) mass is 253 g/mol. The fraction of sp³-hybridized carbons (Fsp3) is 0.846. The summed E-state index contributed by atoms with van der Waals surface area (Å²) < 4.78 is 10.6. The smallest absolute Gasteiger partial charge is 0.226 e. The van der Waals surface area contributed by atoms with Crippen LogP contribution in [0.4, 0.5) is 0 Å². The summed E-state index contributed by atoms with van der Waals surface area (Å²) in [5, 5.41) is 4.09. The molecule has 1 aliphatic rings. The molecule has 5 heteroatoms. The van der Waals surface area contributed by atoms with Gasteiger partial charge in [-0.05, 0) is 32.2 Å². The highest BCUT2D eigenvalue weighted by Crippen LogP contribution is 2.24. The highest BCUT2D eigenvalue weighted by Gasteiger charge is 2.21. The zero-order chi connectivity index (χ0) is 12.6. The van der Waals surface area contributed by atoms with Gasteiger partial charge in [-0.1, -0.05) is 18.0 Å². The molecule has 1 aromatic rings. The first-order chi connectivity index (χ1) is 8.90. The van der Waals surface area contributed by atoms with E-state index < -0.39 is 0 Å². The van der Waals surface area contributed by atoms with E-state index >= 15 is 0 Å². The Morgan fingerprint density at radius 3 is 2.67 bits per heavy atom. The Morgan fingerprint density at radius 2 is 1.89 bits per heavy atom. The molecule has 2 heterocycles. The molecular formula is C13H23N3O2. The molecule has 1 aromatic heterocycles. The van der Waals surface area contributed by atoms with Crippen molar-refractivity contribution >= 4 is 0 Å². The second kappa shape index (κ2) is 7.48. The zero-order valence-electron chi connectivity index (χ0n) is 10.9. The van der Waals surface area contributed by atoms with Crippen LogP contribution in [0.3, 0.4) is 0 Å². The Morgan fingerprint density at radius 1 is 1.11 bits per heavy atom. The predicted molar refractivity (Wildman–Crippen MR) is 68.3 cm³/mol. The fourth-order valence-electron chi connectivity index (χ4n) is 2.27. The molecule has 2 rings (SSSR count). The summed E-state index contributed by atoms with van der Waals surface area (Å²) >= 11 is 0. The predicted octanol–water partition coefficient (Wildman–Crippen LogP) is 2.03. The van der Waals surface area contributed by atoms with Gasteiger partial charge in [0, 0.05) is 25.6 Å². The van der Waals surface area contributed by atoms with E-state index in [-0.39, 0.29) is 0 Å². The molecule has 0 aromatic carbocycles. The lowest BCUT2D eigenvalue weighted by atomic mass is 10.00. The SMILES string of the molecule is NCCCCCCc1nc(C2CCOCC2)no1. The van der Waals surface area contributed by atoms with Gasteiger partial charge < -0.3 is 15.0 Å². The molecule has 0 unspecified atom stereocenters. The normalized spacial score (nSPS) is 17.2. The maximum atomic E-state index is 5.46. The van der Waals surface area contributed by atoms with E-state index in [4.69, 9.17) is 15.0 Å². The highest BCUT2D eigenvalue weighted by molar-refractivity contribution is 4.96. The molecule has 102 valence electrons. The molecule has 0 amide bonds. The Balaban J connectivity index is 1.72. The minimum Gasteiger partial charge on any atom is -0.381 e. The summed E-state index contributed by atoms with van der Waals surface area (Å²) in [5.41, 5.74) is 5.46. The van der Waals surface area contributed by atoms with Gasteiger partial charge in [-0.2, -0.15) is 4.98 Å². The Labute approximate surface area is 108 Å². The molecule has 1 saturated heterocycles. The summed E-state index contributed by atoms with van der Waals surface area (Å²) in [6.07, 6.45) is 7.50. The Kier molecular flexibility index (Phi) is 5.61. The third kappa shape index (κ3) is 4.07. The van der Waals surface area contributed by atoms with Crippen LogP contribution in [0.25, 0.3) is 0 Å². The quantitative estimate of drug-likeness (QED) is 0.752. The summed E-state index contributed by atoms with van der Waals surface area (Å²) in [6, 6.07) is 0. The average Bonchev–Trinajstić information content (AvgIpc) is 2.88. The maximum Gasteiger partial charge on any atom is 0.226 e. The van der Waals surface area contributed by atoms with Crippen molar-refractivity contribution in [2.45, 2.75) is 50.9 Å². The van der Waals surface area contributed by atoms with E-state index in [1.165, 1.54) is 12.8 Å². The first kappa shape index (κ1) is 13.5. The van der Waals surface area contributed by atoms with Gasteiger partial charge in [0.2, 0.25) is 5.89 Å². The van der Waals surface area contributed by atoms with Gasteiger partial charge in [0.1, 0.15) is 0 Å². The molecule has 5 nitrogen and oxygen atoms in total. The Hall–Kier alpha value is -0.940. The van der Waals surface area contributed by atoms with E-state index in [2.05, 4.69) is 10.1 Å². The van der Waals surface area contributed by atoms with Crippen molar-refractivity contribution in [2.75, 3.05) is 19.8 Å². The first-order valence-electron chi connectivity index (χ1n) is 7.00. The highest BCUT2D eigenvalue weighted by atomic mass is 16.5. The van der Waals surface area contributed by atoms with Gasteiger partial charge in [-0.15, -0.1) is 0 Å². The Bertz CT molecular complexity index is 335. The summed E-state index contributed by atoms with van der Waals surface area (Å²) in [4.78, 5) is 4.49. The molecule has 0 radical (unpaired) electrons. The number of hydrogen-bond donors (Lipinski definition) is 1. The largest absolute Gasteiger partial charge is 0.381 e. The molecule has 1 aliphatic heterocycles. The molecule has 2 N–H and O–H groups in total. The number of ether oxygens (including phenoxy) is 1. The van der Waals surface area contributed by atoms with Crippen molar-refractivity contribution in [1.29, 1.82) is 0 Å². The van der Waals surface area contributed by atoms with Crippen LogP contribution in [-0.2, 0) is 11.2 Å². The van der Waals surface area contributed by atoms with Crippen molar-refractivity contribution in [2.24, 2.45) is 5.73 Å². The van der Waals surface area contributed by atoms with E-state index in [1.807, 2.05) is 0 Å². The maximum absolute atomic E-state index is 5.46. The second-order valence-electron chi connectivity index (χ2n) is 4.89. The van der Waals surface area contributed by atoms with Crippen LogP contribution >= 0.6 is 0 Å². The summed E-state index contributed by atoms with van der Waals surface area (Å²) in [7, 11) is 0. The summed E-state index contributed by atoms with van der Waals surface area (Å²) in [5.74, 6) is 2.08. The van der Waals surface area contributed by atoms with E-state index in [0.29, 0.717) is 5.92 Å². The molecule has 18 heavy (non-hydrogen) atoms. The minimum atomic E-state index is 0.425. The number of aromatic nitrogens is 2. The van der Waals surface area contributed by atoms with Gasteiger partial charge in [-0.3, -0.25) is 0 Å². The second-order valence-corrected chi connectivity index (χ2v) is 4.89. The number of unbranched alkanes of at least 4 members (excludes halogenated alkanes) is 3. The van der Waals surface area contributed by atoms with Crippen molar-refractivity contribution in [3.63, 3.8) is 0 Å². The molecule has 0 aliphatic carbocycles. The van der Waals surface area contributed by atoms with Gasteiger partial charge in [0.05, 0.1) is 0 Å². The third-order valence-electron chi connectivity index (χ3n) is 3.42. The van der Waals surface area contributed by atoms with Crippen LogP contribution in [-0.4, -0.2) is 29.9 Å². The number of hydrogen-bond acceptors (Lipinski definition) is 5. The van der Waals surface area contributed by atoms with Crippen LogP contribution in [0.2, 0.25) is 0 Å². The molecular weight excluding hydrogens is 230 g/mol. The number of nitrogens with zero attached hydrogens (tertiary/aromatic N) is 2. The lowest BCUT2D eigenvalue weighted by molar-refractivity contribution is 0.0830. The van der Waals surface area contributed by atoms with Crippen molar-refractivity contribution in [3.8, 4) is 0 Å². The molecule has 0 bridgehead atoms. The first-order valence-corrected chi connectivity index (χ1v) is 7.00. The van der Waals surface area contributed by atoms with E-state index in [9.17, 15) is 0 Å². The van der Waals surface area contributed by atoms with E-state index in [1.54, 1.807) is 0 Å². The van der Waals surface area contributed by atoms with Gasteiger partial charge in [0.15, 0.2) is 5.82 Å². The minimum absolute atomic E-state index is 0.425. The van der Waals surface area contributed by atoms with Crippen molar-refractivity contribution < 1.29 is 9.26 Å². The van der Waals surface area contributed by atoms with Crippen LogP contribution in [0.1, 0.15) is 56.2 Å². The standard InChI is InChI=1S/C13H23N3O2/c14-8-4-2-1-3-5-12-15-13(16-18-12)11-6-9-17-10-7-11/h11H,1-10,14H2. The van der Waals surface area contributed by atoms with Gasteiger partial charge in [0.25, 0.3) is 0 Å².